The molecule has 3 heterocycles. The van der Waals surface area contributed by atoms with E-state index in [-0.39, 0.29) is 33.6 Å². The molecule has 0 radical (unpaired) electrons. The van der Waals surface area contributed by atoms with Gasteiger partial charge in [-0.2, -0.15) is 4.98 Å². The maximum absolute atomic E-state index is 13.2. The highest BCUT2D eigenvalue weighted by molar-refractivity contribution is 8.26. The SMILES string of the molecule is Cc1cccc(Oc2nc3ccccn3c(=O)c2/C=C2\SC(=S)N(CCC(=O)O)C2=O)c1. The first-order valence-corrected chi connectivity index (χ1v) is 10.8. The maximum Gasteiger partial charge on any atom is 0.305 e. The molecule has 4 rings (SSSR count). The molecule has 32 heavy (non-hydrogen) atoms. The molecule has 1 saturated heterocycles. The number of aromatic nitrogens is 2. The summed E-state index contributed by atoms with van der Waals surface area (Å²) in [7, 11) is 0. The van der Waals surface area contributed by atoms with E-state index in [0.717, 1.165) is 17.3 Å². The van der Waals surface area contributed by atoms with Crippen LogP contribution in [0.2, 0.25) is 0 Å². The molecule has 1 fully saturated rings. The molecule has 0 bridgehead atoms. The molecule has 3 aromatic rings. The second kappa shape index (κ2) is 8.93. The van der Waals surface area contributed by atoms with E-state index in [9.17, 15) is 14.4 Å². The van der Waals surface area contributed by atoms with Gasteiger partial charge in [-0.3, -0.25) is 23.7 Å². The number of thiocarbonyl (C=S) groups is 1. The lowest BCUT2D eigenvalue weighted by molar-refractivity contribution is -0.137. The number of aliphatic carboxylic acids is 1. The average Bonchev–Trinajstić information content (AvgIpc) is 3.02. The maximum atomic E-state index is 13.2. The normalized spacial score (nSPS) is 15.0. The number of thioether (sulfide) groups is 1. The number of ether oxygens (including phenoxy) is 1. The van der Waals surface area contributed by atoms with Crippen molar-refractivity contribution in [2.45, 2.75) is 13.3 Å². The van der Waals surface area contributed by atoms with Crippen molar-refractivity contribution in [3.63, 3.8) is 0 Å². The summed E-state index contributed by atoms with van der Waals surface area (Å²) in [4.78, 5) is 42.8. The van der Waals surface area contributed by atoms with Gasteiger partial charge in [0.25, 0.3) is 11.5 Å². The van der Waals surface area contributed by atoms with E-state index in [1.54, 1.807) is 30.5 Å². The number of hydrogen-bond donors (Lipinski definition) is 1. The predicted octanol–water partition coefficient (Wildman–Crippen LogP) is 3.47. The van der Waals surface area contributed by atoms with Crippen LogP contribution in [0.15, 0.2) is 58.4 Å². The molecular formula is C22H17N3O5S2. The van der Waals surface area contributed by atoms with Gasteiger partial charge in [0.1, 0.15) is 21.3 Å². The molecule has 1 amide bonds. The smallest absolute Gasteiger partial charge is 0.305 e. The zero-order valence-corrected chi connectivity index (χ0v) is 18.5. The summed E-state index contributed by atoms with van der Waals surface area (Å²) in [6, 6.07) is 12.4. The summed E-state index contributed by atoms with van der Waals surface area (Å²) in [6.07, 6.45) is 2.75. The number of carbonyl (C=O) groups is 2. The molecule has 2 aromatic heterocycles. The Morgan fingerprint density at radius 2 is 2.06 bits per heavy atom. The molecule has 10 heteroatoms. The highest BCUT2D eigenvalue weighted by Crippen LogP contribution is 2.34. The predicted molar refractivity (Wildman–Crippen MR) is 125 cm³/mol. The van der Waals surface area contributed by atoms with Crippen LogP contribution in [0.4, 0.5) is 0 Å². The third kappa shape index (κ3) is 4.41. The van der Waals surface area contributed by atoms with Gasteiger partial charge in [-0.25, -0.2) is 0 Å². The summed E-state index contributed by atoms with van der Waals surface area (Å²) < 4.78 is 7.54. The van der Waals surface area contributed by atoms with Crippen LogP contribution in [0.3, 0.4) is 0 Å². The number of carbonyl (C=O) groups excluding carboxylic acids is 1. The lowest BCUT2D eigenvalue weighted by Gasteiger charge is -2.12. The zero-order chi connectivity index (χ0) is 22.8. The van der Waals surface area contributed by atoms with Crippen molar-refractivity contribution < 1.29 is 19.4 Å². The summed E-state index contributed by atoms with van der Waals surface area (Å²) in [5.41, 5.74) is 1.05. The van der Waals surface area contributed by atoms with Crippen molar-refractivity contribution >= 4 is 51.9 Å². The number of nitrogens with zero attached hydrogens (tertiary/aromatic N) is 3. The second-order valence-corrected chi connectivity index (χ2v) is 8.64. The fourth-order valence-corrected chi connectivity index (χ4v) is 4.40. The molecule has 0 aliphatic carbocycles. The van der Waals surface area contributed by atoms with E-state index in [1.165, 1.54) is 15.4 Å². The third-order valence-corrected chi connectivity index (χ3v) is 6.01. The quantitative estimate of drug-likeness (QED) is 0.434. The van der Waals surface area contributed by atoms with E-state index in [4.69, 9.17) is 22.1 Å². The minimum atomic E-state index is -1.03. The molecular weight excluding hydrogens is 450 g/mol. The number of rotatable bonds is 6. The van der Waals surface area contributed by atoms with E-state index in [1.807, 2.05) is 25.1 Å². The second-order valence-electron chi connectivity index (χ2n) is 6.96. The van der Waals surface area contributed by atoms with Gasteiger partial charge in [-0.1, -0.05) is 42.2 Å². The first kappa shape index (κ1) is 21.7. The van der Waals surface area contributed by atoms with Gasteiger partial charge in [-0.05, 0) is 42.8 Å². The Bertz CT molecular complexity index is 1350. The minimum Gasteiger partial charge on any atom is -0.481 e. The molecule has 1 aliphatic heterocycles. The number of benzene rings is 1. The average molecular weight is 468 g/mol. The lowest BCUT2D eigenvalue weighted by atomic mass is 10.2. The Morgan fingerprint density at radius 3 is 2.81 bits per heavy atom. The monoisotopic (exact) mass is 467 g/mol. The van der Waals surface area contributed by atoms with Gasteiger partial charge >= 0.3 is 5.97 Å². The van der Waals surface area contributed by atoms with Crippen molar-refractivity contribution in [3.8, 4) is 11.6 Å². The number of carboxylic acids is 1. The van der Waals surface area contributed by atoms with Crippen molar-refractivity contribution in [1.82, 2.24) is 14.3 Å². The molecule has 0 atom stereocenters. The standard InChI is InChI=1S/C22H17N3O5S2/c1-13-5-4-6-14(11-13)30-19-15(20(28)24-9-3-2-7-17(24)23-19)12-16-21(29)25(22(31)32-16)10-8-18(26)27/h2-7,9,11-12H,8,10H2,1H3,(H,26,27)/b16-12-. The lowest BCUT2D eigenvalue weighted by Crippen LogP contribution is -2.30. The number of carboxylic acid groups (broad SMARTS) is 1. The van der Waals surface area contributed by atoms with Gasteiger partial charge in [-0.15, -0.1) is 0 Å². The number of hydrogen-bond acceptors (Lipinski definition) is 7. The molecule has 1 aromatic carbocycles. The molecule has 0 saturated carbocycles. The van der Waals surface area contributed by atoms with Crippen LogP contribution in [-0.4, -0.2) is 42.1 Å². The van der Waals surface area contributed by atoms with E-state index >= 15 is 0 Å². The van der Waals surface area contributed by atoms with E-state index in [0.29, 0.717) is 11.4 Å². The van der Waals surface area contributed by atoms with Gasteiger partial charge < -0.3 is 9.84 Å². The largest absolute Gasteiger partial charge is 0.481 e. The molecule has 0 unspecified atom stereocenters. The van der Waals surface area contributed by atoms with Crippen molar-refractivity contribution in [3.05, 3.63) is 75.0 Å². The Balaban J connectivity index is 1.79. The van der Waals surface area contributed by atoms with Crippen molar-refractivity contribution in [1.29, 1.82) is 0 Å². The van der Waals surface area contributed by atoms with Crippen LogP contribution in [0, 0.1) is 6.92 Å². The van der Waals surface area contributed by atoms with Crippen LogP contribution in [0.1, 0.15) is 17.5 Å². The van der Waals surface area contributed by atoms with Crippen molar-refractivity contribution in [2.24, 2.45) is 0 Å². The Morgan fingerprint density at radius 1 is 1.25 bits per heavy atom. The molecule has 1 N–H and O–H groups in total. The molecule has 8 nitrogen and oxygen atoms in total. The Hall–Kier alpha value is -3.50. The fraction of sp³-hybridized carbons (Fsp3) is 0.136. The van der Waals surface area contributed by atoms with Crippen LogP contribution in [0.5, 0.6) is 11.6 Å². The van der Waals surface area contributed by atoms with Crippen LogP contribution < -0.4 is 10.3 Å². The van der Waals surface area contributed by atoms with Gasteiger partial charge in [0, 0.05) is 12.7 Å². The summed E-state index contributed by atoms with van der Waals surface area (Å²) >= 11 is 6.23. The van der Waals surface area contributed by atoms with Crippen LogP contribution in [0.25, 0.3) is 11.7 Å². The number of amides is 1. The van der Waals surface area contributed by atoms with Gasteiger partial charge in [0.2, 0.25) is 5.88 Å². The van der Waals surface area contributed by atoms with E-state index in [2.05, 4.69) is 4.98 Å². The fourth-order valence-electron chi connectivity index (χ4n) is 3.11. The van der Waals surface area contributed by atoms with Crippen LogP contribution >= 0.6 is 24.0 Å². The van der Waals surface area contributed by atoms with Crippen LogP contribution in [-0.2, 0) is 9.59 Å². The Labute approximate surface area is 192 Å². The summed E-state index contributed by atoms with van der Waals surface area (Å²) in [5, 5.41) is 8.91. The van der Waals surface area contributed by atoms with Gasteiger partial charge in [0.05, 0.1) is 11.3 Å². The third-order valence-electron chi connectivity index (χ3n) is 4.64. The first-order chi connectivity index (χ1) is 15.3. The molecule has 1 aliphatic rings. The zero-order valence-electron chi connectivity index (χ0n) is 16.8. The minimum absolute atomic E-state index is 0.0427. The van der Waals surface area contributed by atoms with Gasteiger partial charge in [0.15, 0.2) is 0 Å². The number of pyridine rings is 1. The number of aryl methyl sites for hydroxylation is 1. The number of fused-ring (bicyclic) bond motifs is 1. The highest BCUT2D eigenvalue weighted by Gasteiger charge is 2.33. The summed E-state index contributed by atoms with van der Waals surface area (Å²) in [6.45, 7) is 1.87. The topological polar surface area (TPSA) is 101 Å². The molecule has 162 valence electrons. The molecule has 0 spiro atoms. The first-order valence-electron chi connectivity index (χ1n) is 9.56. The highest BCUT2D eigenvalue weighted by atomic mass is 32.2. The Kier molecular flexibility index (Phi) is 6.06. The van der Waals surface area contributed by atoms with E-state index < -0.39 is 17.4 Å². The summed E-state index contributed by atoms with van der Waals surface area (Å²) in [5.74, 6) is -0.933. The van der Waals surface area contributed by atoms with Crippen molar-refractivity contribution in [2.75, 3.05) is 6.54 Å².